The summed E-state index contributed by atoms with van der Waals surface area (Å²) in [6, 6.07) is 6.36. The standard InChI is InChI=1S/C13H21NO/c1-5-6-9-14(3)12-8-7-11(2)13(10-12)15-4/h7-8,10H,5-6,9H2,1-4H3. The first-order valence-electron chi connectivity index (χ1n) is 5.54. The number of ether oxygens (including phenoxy) is 1. The fraction of sp³-hybridized carbons (Fsp3) is 0.538. The number of anilines is 1. The van der Waals surface area contributed by atoms with E-state index < -0.39 is 0 Å². The van der Waals surface area contributed by atoms with E-state index in [0.29, 0.717) is 0 Å². The van der Waals surface area contributed by atoms with Crippen LogP contribution in [0.15, 0.2) is 18.2 Å². The van der Waals surface area contributed by atoms with Gasteiger partial charge in [-0.3, -0.25) is 0 Å². The Morgan fingerprint density at radius 1 is 1.33 bits per heavy atom. The summed E-state index contributed by atoms with van der Waals surface area (Å²) >= 11 is 0. The number of unbranched alkanes of at least 4 members (excludes halogenated alkanes) is 1. The molecule has 0 amide bonds. The van der Waals surface area contributed by atoms with Crippen LogP contribution in [0.3, 0.4) is 0 Å². The van der Waals surface area contributed by atoms with E-state index in [4.69, 9.17) is 4.74 Å². The van der Waals surface area contributed by atoms with Crippen LogP contribution < -0.4 is 9.64 Å². The quantitative estimate of drug-likeness (QED) is 0.735. The van der Waals surface area contributed by atoms with Crippen LogP contribution in [0.1, 0.15) is 25.3 Å². The van der Waals surface area contributed by atoms with Crippen LogP contribution in [0, 0.1) is 6.92 Å². The average molecular weight is 207 g/mol. The minimum atomic E-state index is 0.968. The summed E-state index contributed by atoms with van der Waals surface area (Å²) in [5, 5.41) is 0. The molecule has 1 rings (SSSR count). The summed E-state index contributed by atoms with van der Waals surface area (Å²) in [6.45, 7) is 5.38. The van der Waals surface area contributed by atoms with Gasteiger partial charge in [0.25, 0.3) is 0 Å². The zero-order valence-corrected chi connectivity index (χ0v) is 10.2. The second-order valence-electron chi connectivity index (χ2n) is 3.93. The maximum absolute atomic E-state index is 5.31. The third-order valence-electron chi connectivity index (χ3n) is 2.68. The largest absolute Gasteiger partial charge is 0.496 e. The van der Waals surface area contributed by atoms with E-state index in [1.807, 2.05) is 0 Å². The number of hydrogen-bond donors (Lipinski definition) is 0. The molecule has 0 N–H and O–H groups in total. The van der Waals surface area contributed by atoms with E-state index in [9.17, 15) is 0 Å². The predicted molar refractivity (Wildman–Crippen MR) is 65.9 cm³/mol. The van der Waals surface area contributed by atoms with E-state index in [1.165, 1.54) is 24.1 Å². The maximum atomic E-state index is 5.31. The first-order valence-corrected chi connectivity index (χ1v) is 5.54. The van der Waals surface area contributed by atoms with Gasteiger partial charge >= 0.3 is 0 Å². The van der Waals surface area contributed by atoms with E-state index in [1.54, 1.807) is 7.11 Å². The number of nitrogens with zero attached hydrogens (tertiary/aromatic N) is 1. The van der Waals surface area contributed by atoms with Crippen molar-refractivity contribution in [3.63, 3.8) is 0 Å². The molecule has 15 heavy (non-hydrogen) atoms. The Balaban J connectivity index is 2.76. The normalized spacial score (nSPS) is 10.1. The summed E-state index contributed by atoms with van der Waals surface area (Å²) in [4.78, 5) is 2.27. The fourth-order valence-electron chi connectivity index (χ4n) is 1.57. The van der Waals surface area contributed by atoms with Crippen LogP contribution in [0.5, 0.6) is 5.75 Å². The van der Waals surface area contributed by atoms with Gasteiger partial charge in [0.1, 0.15) is 5.75 Å². The molecular weight excluding hydrogens is 186 g/mol. The lowest BCUT2D eigenvalue weighted by molar-refractivity contribution is 0.411. The molecule has 0 saturated heterocycles. The van der Waals surface area contributed by atoms with Gasteiger partial charge in [-0.15, -0.1) is 0 Å². The molecule has 0 aliphatic heterocycles. The zero-order valence-electron chi connectivity index (χ0n) is 10.2. The molecule has 0 aliphatic rings. The number of hydrogen-bond acceptors (Lipinski definition) is 2. The number of methoxy groups -OCH3 is 1. The molecule has 84 valence electrons. The second-order valence-corrected chi connectivity index (χ2v) is 3.93. The van der Waals surface area contributed by atoms with Crippen LogP contribution in [0.25, 0.3) is 0 Å². The van der Waals surface area contributed by atoms with E-state index in [2.05, 4.69) is 44.0 Å². The van der Waals surface area contributed by atoms with Crippen molar-refractivity contribution in [3.05, 3.63) is 23.8 Å². The van der Waals surface area contributed by atoms with Gasteiger partial charge in [0.2, 0.25) is 0 Å². The van der Waals surface area contributed by atoms with Crippen molar-refractivity contribution in [2.75, 3.05) is 25.6 Å². The summed E-state index contributed by atoms with van der Waals surface area (Å²) in [6.07, 6.45) is 2.46. The SMILES string of the molecule is CCCCN(C)c1ccc(C)c(OC)c1. The van der Waals surface area contributed by atoms with E-state index in [-0.39, 0.29) is 0 Å². The van der Waals surface area contributed by atoms with Gasteiger partial charge in [-0.1, -0.05) is 19.4 Å². The molecule has 0 aliphatic carbocycles. The second kappa shape index (κ2) is 5.64. The van der Waals surface area contributed by atoms with Crippen LogP contribution >= 0.6 is 0 Å². The molecule has 1 aromatic rings. The Morgan fingerprint density at radius 2 is 2.07 bits per heavy atom. The average Bonchev–Trinajstić information content (AvgIpc) is 2.26. The van der Waals surface area contributed by atoms with Gasteiger partial charge in [0.05, 0.1) is 7.11 Å². The predicted octanol–water partition coefficient (Wildman–Crippen LogP) is 3.24. The van der Waals surface area contributed by atoms with Gasteiger partial charge in [0, 0.05) is 25.3 Å². The number of rotatable bonds is 5. The number of benzene rings is 1. The molecule has 0 unspecified atom stereocenters. The van der Waals surface area contributed by atoms with Crippen molar-refractivity contribution in [3.8, 4) is 5.75 Å². The highest BCUT2D eigenvalue weighted by Crippen LogP contribution is 2.24. The van der Waals surface area contributed by atoms with E-state index >= 15 is 0 Å². The van der Waals surface area contributed by atoms with Crippen molar-refractivity contribution < 1.29 is 4.74 Å². The van der Waals surface area contributed by atoms with Crippen molar-refractivity contribution in [1.29, 1.82) is 0 Å². The Morgan fingerprint density at radius 3 is 2.67 bits per heavy atom. The van der Waals surface area contributed by atoms with Crippen molar-refractivity contribution >= 4 is 5.69 Å². The Kier molecular flexibility index (Phi) is 4.47. The van der Waals surface area contributed by atoms with Crippen LogP contribution in [-0.2, 0) is 0 Å². The Bertz CT molecular complexity index is 309. The first-order chi connectivity index (χ1) is 7.19. The van der Waals surface area contributed by atoms with E-state index in [0.717, 1.165) is 12.3 Å². The molecule has 0 atom stereocenters. The summed E-state index contributed by atoms with van der Waals surface area (Å²) in [7, 11) is 3.85. The highest BCUT2D eigenvalue weighted by atomic mass is 16.5. The smallest absolute Gasteiger partial charge is 0.123 e. The fourth-order valence-corrected chi connectivity index (χ4v) is 1.57. The molecule has 0 fully saturated rings. The zero-order chi connectivity index (χ0) is 11.3. The third-order valence-corrected chi connectivity index (χ3v) is 2.68. The molecule has 0 radical (unpaired) electrons. The topological polar surface area (TPSA) is 12.5 Å². The van der Waals surface area contributed by atoms with Crippen molar-refractivity contribution in [1.82, 2.24) is 0 Å². The third kappa shape index (κ3) is 3.15. The van der Waals surface area contributed by atoms with Crippen LogP contribution in [0.2, 0.25) is 0 Å². The number of aryl methyl sites for hydroxylation is 1. The molecule has 0 heterocycles. The first kappa shape index (κ1) is 11.9. The molecule has 2 heteroatoms. The highest BCUT2D eigenvalue weighted by Gasteiger charge is 2.03. The minimum Gasteiger partial charge on any atom is -0.496 e. The molecule has 0 bridgehead atoms. The summed E-state index contributed by atoms with van der Waals surface area (Å²) < 4.78 is 5.31. The molecule has 2 nitrogen and oxygen atoms in total. The van der Waals surface area contributed by atoms with Gasteiger partial charge in [-0.2, -0.15) is 0 Å². The molecule has 1 aromatic carbocycles. The monoisotopic (exact) mass is 207 g/mol. The Labute approximate surface area is 92.9 Å². The van der Waals surface area contributed by atoms with Crippen LogP contribution in [0.4, 0.5) is 5.69 Å². The van der Waals surface area contributed by atoms with Gasteiger partial charge in [-0.25, -0.2) is 0 Å². The summed E-state index contributed by atoms with van der Waals surface area (Å²) in [5.41, 5.74) is 2.41. The van der Waals surface area contributed by atoms with Gasteiger partial charge < -0.3 is 9.64 Å². The molecule has 0 saturated carbocycles. The highest BCUT2D eigenvalue weighted by molar-refractivity contribution is 5.53. The van der Waals surface area contributed by atoms with Crippen molar-refractivity contribution in [2.45, 2.75) is 26.7 Å². The van der Waals surface area contributed by atoms with Crippen molar-refractivity contribution in [2.24, 2.45) is 0 Å². The molecular formula is C13H21NO. The Hall–Kier alpha value is -1.18. The van der Waals surface area contributed by atoms with Gasteiger partial charge in [-0.05, 0) is 25.0 Å². The lowest BCUT2D eigenvalue weighted by Gasteiger charge is -2.20. The summed E-state index contributed by atoms with van der Waals surface area (Å²) in [5.74, 6) is 0.968. The molecule has 0 aromatic heterocycles. The van der Waals surface area contributed by atoms with Crippen LogP contribution in [-0.4, -0.2) is 20.7 Å². The molecule has 0 spiro atoms. The maximum Gasteiger partial charge on any atom is 0.123 e. The lowest BCUT2D eigenvalue weighted by atomic mass is 10.2. The van der Waals surface area contributed by atoms with Gasteiger partial charge in [0.15, 0.2) is 0 Å². The minimum absolute atomic E-state index is 0.968. The lowest BCUT2D eigenvalue weighted by Crippen LogP contribution is -2.18.